The van der Waals surface area contributed by atoms with Gasteiger partial charge in [0.15, 0.2) is 29.1 Å². The molecule has 0 aliphatic heterocycles. The lowest BCUT2D eigenvalue weighted by molar-refractivity contribution is 0.0644. The topological polar surface area (TPSA) is 115 Å². The van der Waals surface area contributed by atoms with E-state index in [2.05, 4.69) is 0 Å². The number of phenolic OH excluding ortho intramolecular Hbond substituents is 1. The van der Waals surface area contributed by atoms with Crippen molar-refractivity contribution in [3.05, 3.63) is 47.5 Å². The lowest BCUT2D eigenvalue weighted by Crippen LogP contribution is -2.31. The molecule has 0 saturated carbocycles. The first-order valence-corrected chi connectivity index (χ1v) is 8.71. The molecule has 8 heteroatoms. The Labute approximate surface area is 168 Å². The number of carbonyl (C=O) groups is 1. The fourth-order valence-electron chi connectivity index (χ4n) is 2.63. The van der Waals surface area contributed by atoms with Crippen LogP contribution in [0.15, 0.2) is 36.4 Å². The van der Waals surface area contributed by atoms with E-state index in [1.807, 2.05) is 0 Å². The summed E-state index contributed by atoms with van der Waals surface area (Å²) in [4.78, 5) is 12.8. The molecule has 0 aliphatic carbocycles. The zero-order valence-corrected chi connectivity index (χ0v) is 16.4. The molecule has 0 amide bonds. The van der Waals surface area contributed by atoms with Crippen LogP contribution in [-0.2, 0) is 0 Å². The van der Waals surface area contributed by atoms with E-state index >= 15 is 0 Å². The van der Waals surface area contributed by atoms with Crippen molar-refractivity contribution < 1.29 is 39.1 Å². The molecule has 0 bridgehead atoms. The lowest BCUT2D eigenvalue weighted by Gasteiger charge is -2.20. The molecular formula is C21H24O8. The summed E-state index contributed by atoms with van der Waals surface area (Å²) >= 11 is 0. The second kappa shape index (κ2) is 10.4. The summed E-state index contributed by atoms with van der Waals surface area (Å²) in [5, 5.41) is 28.4. The van der Waals surface area contributed by atoms with Gasteiger partial charge in [0.2, 0.25) is 11.5 Å². The third kappa shape index (κ3) is 5.18. The van der Waals surface area contributed by atoms with Gasteiger partial charge in [-0.05, 0) is 35.9 Å². The fraction of sp³-hybridized carbons (Fsp3) is 0.286. The summed E-state index contributed by atoms with van der Waals surface area (Å²) < 4.78 is 21.5. The highest BCUT2D eigenvalue weighted by Gasteiger charge is 2.26. The average molecular weight is 404 g/mol. The van der Waals surface area contributed by atoms with E-state index in [0.717, 1.165) is 0 Å². The number of ether oxygens (including phenoxy) is 4. The van der Waals surface area contributed by atoms with E-state index in [1.54, 1.807) is 24.3 Å². The first-order chi connectivity index (χ1) is 14.0. The largest absolute Gasteiger partial charge is 0.504 e. The number of benzene rings is 2. The van der Waals surface area contributed by atoms with Crippen molar-refractivity contribution >= 4 is 11.9 Å². The van der Waals surface area contributed by atoms with Gasteiger partial charge in [-0.15, -0.1) is 0 Å². The highest BCUT2D eigenvalue weighted by atomic mass is 16.5. The molecule has 0 unspecified atom stereocenters. The van der Waals surface area contributed by atoms with Crippen LogP contribution in [0.4, 0.5) is 0 Å². The molecule has 0 saturated heterocycles. The summed E-state index contributed by atoms with van der Waals surface area (Å²) in [6.07, 6.45) is 1.98. The molecule has 2 aromatic carbocycles. The Bertz CT molecular complexity index is 850. The third-order valence-electron chi connectivity index (χ3n) is 4.08. The number of methoxy groups -OCH3 is 3. The van der Waals surface area contributed by atoms with Gasteiger partial charge >= 0.3 is 0 Å². The second-order valence-electron chi connectivity index (χ2n) is 5.88. The van der Waals surface area contributed by atoms with Gasteiger partial charge in [-0.1, -0.05) is 12.2 Å². The number of aliphatic hydroxyl groups excluding tert-OH is 2. The Kier molecular flexibility index (Phi) is 7.88. The number of aliphatic hydroxyl groups is 2. The maximum Gasteiger partial charge on any atom is 0.205 e. The SMILES string of the molecule is COc1cc(C(=O)[C@@H](CO)Oc2c(OC)cc(/C=C/CO)cc2OC)ccc1O. The summed E-state index contributed by atoms with van der Waals surface area (Å²) in [5.74, 6) is 0.226. The Morgan fingerprint density at radius 3 is 2.14 bits per heavy atom. The molecule has 0 spiro atoms. The van der Waals surface area contributed by atoms with E-state index in [0.29, 0.717) is 5.56 Å². The van der Waals surface area contributed by atoms with E-state index in [1.165, 1.54) is 39.5 Å². The molecular weight excluding hydrogens is 380 g/mol. The van der Waals surface area contributed by atoms with Gasteiger partial charge in [-0.3, -0.25) is 4.79 Å². The quantitative estimate of drug-likeness (QED) is 0.516. The molecule has 29 heavy (non-hydrogen) atoms. The average Bonchev–Trinajstić information content (AvgIpc) is 2.75. The van der Waals surface area contributed by atoms with Crippen molar-refractivity contribution in [1.82, 2.24) is 0 Å². The predicted octanol–water partition coefficient (Wildman–Crippen LogP) is 2.05. The third-order valence-corrected chi connectivity index (χ3v) is 4.08. The van der Waals surface area contributed by atoms with Gasteiger partial charge in [-0.25, -0.2) is 0 Å². The monoisotopic (exact) mass is 404 g/mol. The Hall–Kier alpha value is -3.23. The second-order valence-corrected chi connectivity index (χ2v) is 5.88. The normalized spacial score (nSPS) is 11.9. The Morgan fingerprint density at radius 1 is 1.00 bits per heavy atom. The zero-order chi connectivity index (χ0) is 21.4. The van der Waals surface area contributed by atoms with Crippen LogP contribution in [0.5, 0.6) is 28.7 Å². The van der Waals surface area contributed by atoms with Gasteiger partial charge in [0, 0.05) is 5.56 Å². The van der Waals surface area contributed by atoms with Crippen LogP contribution < -0.4 is 18.9 Å². The van der Waals surface area contributed by atoms with E-state index in [4.69, 9.17) is 24.1 Å². The van der Waals surface area contributed by atoms with Gasteiger partial charge in [-0.2, -0.15) is 0 Å². The van der Waals surface area contributed by atoms with E-state index in [9.17, 15) is 15.0 Å². The van der Waals surface area contributed by atoms with Crippen LogP contribution in [0.3, 0.4) is 0 Å². The number of phenols is 1. The Balaban J connectivity index is 2.39. The summed E-state index contributed by atoms with van der Waals surface area (Å²) in [6, 6.07) is 7.38. The minimum absolute atomic E-state index is 0.111. The van der Waals surface area contributed by atoms with Gasteiger partial charge in [0.1, 0.15) is 0 Å². The standard InChI is InChI=1S/C21H24O8/c1-26-16-11-14(6-7-15(16)24)20(25)19(12-23)29-21-17(27-2)9-13(5-4-8-22)10-18(21)28-3/h4-7,9-11,19,22-24H,8,12H2,1-3H3/b5-4+/t19-/m1/s1. The summed E-state index contributed by atoms with van der Waals surface area (Å²) in [5.41, 5.74) is 0.884. The molecule has 0 aromatic heterocycles. The first kappa shape index (κ1) is 22.1. The van der Waals surface area contributed by atoms with Crippen molar-refractivity contribution in [1.29, 1.82) is 0 Å². The maximum atomic E-state index is 12.8. The van der Waals surface area contributed by atoms with E-state index in [-0.39, 0.29) is 40.9 Å². The molecule has 2 aromatic rings. The van der Waals surface area contributed by atoms with Crippen molar-refractivity contribution in [2.75, 3.05) is 34.5 Å². The molecule has 0 fully saturated rings. The molecule has 3 N–H and O–H groups in total. The maximum absolute atomic E-state index is 12.8. The molecule has 0 radical (unpaired) electrons. The minimum Gasteiger partial charge on any atom is -0.504 e. The Morgan fingerprint density at radius 2 is 1.62 bits per heavy atom. The van der Waals surface area contributed by atoms with Crippen LogP contribution in [0.1, 0.15) is 15.9 Å². The highest BCUT2D eigenvalue weighted by molar-refractivity contribution is 6.00. The van der Waals surface area contributed by atoms with Crippen LogP contribution >= 0.6 is 0 Å². The zero-order valence-electron chi connectivity index (χ0n) is 16.4. The number of rotatable bonds is 10. The summed E-state index contributed by atoms with van der Waals surface area (Å²) in [6.45, 7) is -0.722. The van der Waals surface area contributed by atoms with Crippen LogP contribution in [0, 0.1) is 0 Å². The van der Waals surface area contributed by atoms with Gasteiger partial charge in [0.05, 0.1) is 34.5 Å². The number of hydrogen-bond acceptors (Lipinski definition) is 8. The van der Waals surface area contributed by atoms with E-state index < -0.39 is 18.5 Å². The highest BCUT2D eigenvalue weighted by Crippen LogP contribution is 2.40. The van der Waals surface area contributed by atoms with Crippen molar-refractivity contribution in [2.24, 2.45) is 0 Å². The smallest absolute Gasteiger partial charge is 0.205 e. The predicted molar refractivity (Wildman–Crippen MR) is 106 cm³/mol. The van der Waals surface area contributed by atoms with Crippen LogP contribution in [-0.4, -0.2) is 61.7 Å². The molecule has 0 aliphatic rings. The molecule has 1 atom stereocenters. The number of carbonyl (C=O) groups excluding carboxylic acids is 1. The number of hydrogen-bond donors (Lipinski definition) is 3. The van der Waals surface area contributed by atoms with Crippen LogP contribution in [0.25, 0.3) is 6.08 Å². The lowest BCUT2D eigenvalue weighted by atomic mass is 10.1. The molecule has 2 rings (SSSR count). The van der Waals surface area contributed by atoms with Crippen molar-refractivity contribution in [3.8, 4) is 28.7 Å². The fourth-order valence-corrected chi connectivity index (χ4v) is 2.63. The van der Waals surface area contributed by atoms with Gasteiger partial charge < -0.3 is 34.3 Å². The van der Waals surface area contributed by atoms with Crippen LogP contribution in [0.2, 0.25) is 0 Å². The molecule has 8 nitrogen and oxygen atoms in total. The number of ketones is 1. The first-order valence-electron chi connectivity index (χ1n) is 8.71. The summed E-state index contributed by atoms with van der Waals surface area (Å²) in [7, 11) is 4.23. The van der Waals surface area contributed by atoms with Crippen molar-refractivity contribution in [3.63, 3.8) is 0 Å². The number of aromatic hydroxyl groups is 1. The molecule has 0 heterocycles. The van der Waals surface area contributed by atoms with Crippen molar-refractivity contribution in [2.45, 2.75) is 6.10 Å². The minimum atomic E-state index is -1.24. The van der Waals surface area contributed by atoms with Gasteiger partial charge in [0.25, 0.3) is 0 Å². The molecule has 156 valence electrons. The number of Topliss-reactive ketones (excluding diaryl/α,β-unsaturated/α-hetero) is 1.